The number of ketones is 1. The molecule has 0 unspecified atom stereocenters. The van der Waals surface area contributed by atoms with Crippen molar-refractivity contribution in [1.82, 2.24) is 0 Å². The Morgan fingerprint density at radius 1 is 1.19 bits per heavy atom. The molecule has 0 saturated carbocycles. The van der Waals surface area contributed by atoms with E-state index in [1.807, 2.05) is 12.1 Å². The number of methoxy groups -OCH3 is 1. The van der Waals surface area contributed by atoms with Crippen molar-refractivity contribution >= 4 is 5.78 Å². The minimum Gasteiger partial charge on any atom is -0.371 e. The Morgan fingerprint density at radius 3 is 2.12 bits per heavy atom. The Hall–Kier alpha value is -1.15. The number of carbonyl (C=O) groups excluding carboxylic acids is 1. The van der Waals surface area contributed by atoms with Crippen molar-refractivity contribution < 1.29 is 9.53 Å². The summed E-state index contributed by atoms with van der Waals surface area (Å²) in [6.45, 7) is 5.72. The topological polar surface area (TPSA) is 26.3 Å². The van der Waals surface area contributed by atoms with Crippen molar-refractivity contribution in [3.8, 4) is 0 Å². The van der Waals surface area contributed by atoms with Crippen LogP contribution in [-0.2, 0) is 22.4 Å². The number of Topliss-reactive ketones (excluding diaryl/α,β-unsaturated/α-hetero) is 1. The standard InChI is InChI=1S/C14H20O2/c1-5-11-6-8-12(9-7-11)10-13(15)14(2,3)16-4/h6-9H,5,10H2,1-4H3. The van der Waals surface area contributed by atoms with E-state index in [9.17, 15) is 4.79 Å². The van der Waals surface area contributed by atoms with Gasteiger partial charge in [0.2, 0.25) is 0 Å². The van der Waals surface area contributed by atoms with E-state index in [1.54, 1.807) is 21.0 Å². The van der Waals surface area contributed by atoms with E-state index < -0.39 is 5.60 Å². The summed E-state index contributed by atoms with van der Waals surface area (Å²) >= 11 is 0. The van der Waals surface area contributed by atoms with Crippen molar-refractivity contribution in [1.29, 1.82) is 0 Å². The van der Waals surface area contributed by atoms with Gasteiger partial charge in [0.15, 0.2) is 5.78 Å². The van der Waals surface area contributed by atoms with E-state index in [2.05, 4.69) is 19.1 Å². The largest absolute Gasteiger partial charge is 0.371 e. The van der Waals surface area contributed by atoms with E-state index in [-0.39, 0.29) is 5.78 Å². The Bertz CT molecular complexity index is 350. The summed E-state index contributed by atoms with van der Waals surface area (Å²) in [6, 6.07) is 8.18. The second-order valence-electron chi connectivity index (χ2n) is 4.48. The zero-order valence-electron chi connectivity index (χ0n) is 10.5. The molecular weight excluding hydrogens is 200 g/mol. The Balaban J connectivity index is 2.70. The summed E-state index contributed by atoms with van der Waals surface area (Å²) in [7, 11) is 1.57. The zero-order chi connectivity index (χ0) is 12.2. The summed E-state index contributed by atoms with van der Waals surface area (Å²) in [6.07, 6.45) is 1.46. The first-order valence-corrected chi connectivity index (χ1v) is 5.66. The molecule has 1 rings (SSSR count). The van der Waals surface area contributed by atoms with E-state index in [0.717, 1.165) is 12.0 Å². The van der Waals surface area contributed by atoms with E-state index in [0.29, 0.717) is 6.42 Å². The maximum absolute atomic E-state index is 11.9. The molecule has 16 heavy (non-hydrogen) atoms. The van der Waals surface area contributed by atoms with Crippen LogP contribution in [-0.4, -0.2) is 18.5 Å². The van der Waals surface area contributed by atoms with Crippen LogP contribution in [0.1, 0.15) is 31.9 Å². The molecule has 0 radical (unpaired) electrons. The highest BCUT2D eigenvalue weighted by Gasteiger charge is 2.26. The van der Waals surface area contributed by atoms with Gasteiger partial charge in [0, 0.05) is 13.5 Å². The quantitative estimate of drug-likeness (QED) is 0.762. The van der Waals surface area contributed by atoms with Crippen molar-refractivity contribution in [3.63, 3.8) is 0 Å². The van der Waals surface area contributed by atoms with E-state index >= 15 is 0 Å². The summed E-state index contributed by atoms with van der Waals surface area (Å²) in [5.74, 6) is 0.110. The van der Waals surface area contributed by atoms with Crippen LogP contribution in [0, 0.1) is 0 Å². The highest BCUT2D eigenvalue weighted by Crippen LogP contribution is 2.14. The Labute approximate surface area is 97.6 Å². The van der Waals surface area contributed by atoms with Gasteiger partial charge in [-0.3, -0.25) is 4.79 Å². The van der Waals surface area contributed by atoms with Gasteiger partial charge < -0.3 is 4.74 Å². The predicted octanol–water partition coefficient (Wildman–Crippen LogP) is 2.79. The monoisotopic (exact) mass is 220 g/mol. The van der Waals surface area contributed by atoms with Gasteiger partial charge in [-0.15, -0.1) is 0 Å². The molecule has 0 fully saturated rings. The molecule has 88 valence electrons. The maximum atomic E-state index is 11.9. The number of hydrogen-bond donors (Lipinski definition) is 0. The number of rotatable bonds is 5. The molecule has 2 heteroatoms. The first kappa shape index (κ1) is 12.9. The Morgan fingerprint density at radius 2 is 1.69 bits per heavy atom. The summed E-state index contributed by atoms with van der Waals surface area (Å²) in [5.41, 5.74) is 1.65. The summed E-state index contributed by atoms with van der Waals surface area (Å²) in [5, 5.41) is 0. The fraction of sp³-hybridized carbons (Fsp3) is 0.500. The zero-order valence-corrected chi connectivity index (χ0v) is 10.5. The molecule has 0 amide bonds. The molecule has 0 N–H and O–H groups in total. The SMILES string of the molecule is CCc1ccc(CC(=O)C(C)(C)OC)cc1. The molecule has 0 saturated heterocycles. The molecule has 1 aromatic rings. The molecule has 0 bridgehead atoms. The van der Waals surface area contributed by atoms with Crippen LogP contribution >= 0.6 is 0 Å². The number of carbonyl (C=O) groups is 1. The van der Waals surface area contributed by atoms with Crippen LogP contribution in [0.25, 0.3) is 0 Å². The van der Waals surface area contributed by atoms with Gasteiger partial charge in [0.05, 0.1) is 0 Å². The lowest BCUT2D eigenvalue weighted by atomic mass is 9.96. The second-order valence-corrected chi connectivity index (χ2v) is 4.48. The molecule has 2 nitrogen and oxygen atoms in total. The smallest absolute Gasteiger partial charge is 0.168 e. The summed E-state index contributed by atoms with van der Waals surface area (Å²) < 4.78 is 5.17. The molecule has 0 aliphatic rings. The fourth-order valence-corrected chi connectivity index (χ4v) is 1.40. The molecule has 0 aliphatic carbocycles. The van der Waals surface area contributed by atoms with Crippen LogP contribution in [0.5, 0.6) is 0 Å². The highest BCUT2D eigenvalue weighted by molar-refractivity contribution is 5.88. The van der Waals surface area contributed by atoms with Crippen LogP contribution in [0.3, 0.4) is 0 Å². The first-order chi connectivity index (χ1) is 7.49. The van der Waals surface area contributed by atoms with Gasteiger partial charge in [-0.25, -0.2) is 0 Å². The number of ether oxygens (including phenoxy) is 1. The van der Waals surface area contributed by atoms with Crippen LogP contribution in [0.2, 0.25) is 0 Å². The maximum Gasteiger partial charge on any atom is 0.168 e. The normalized spacial score (nSPS) is 11.5. The van der Waals surface area contributed by atoms with Gasteiger partial charge in [-0.2, -0.15) is 0 Å². The molecule has 0 atom stereocenters. The lowest BCUT2D eigenvalue weighted by Gasteiger charge is -2.21. The van der Waals surface area contributed by atoms with Gasteiger partial charge in [-0.05, 0) is 31.4 Å². The highest BCUT2D eigenvalue weighted by atomic mass is 16.5. The fourth-order valence-electron chi connectivity index (χ4n) is 1.40. The van der Waals surface area contributed by atoms with Gasteiger partial charge >= 0.3 is 0 Å². The average molecular weight is 220 g/mol. The second kappa shape index (κ2) is 5.26. The lowest BCUT2D eigenvalue weighted by Crippen LogP contribution is -2.35. The third kappa shape index (κ3) is 3.17. The third-order valence-corrected chi connectivity index (χ3v) is 2.98. The van der Waals surface area contributed by atoms with Crippen molar-refractivity contribution in [2.45, 2.75) is 39.2 Å². The molecule has 0 heterocycles. The van der Waals surface area contributed by atoms with Gasteiger partial charge in [0.25, 0.3) is 0 Å². The predicted molar refractivity (Wildman–Crippen MR) is 65.6 cm³/mol. The van der Waals surface area contributed by atoms with Gasteiger partial charge in [0.1, 0.15) is 5.60 Å². The van der Waals surface area contributed by atoms with Crippen molar-refractivity contribution in [3.05, 3.63) is 35.4 Å². The molecule has 0 spiro atoms. The van der Waals surface area contributed by atoms with E-state index in [4.69, 9.17) is 4.74 Å². The van der Waals surface area contributed by atoms with Crippen molar-refractivity contribution in [2.24, 2.45) is 0 Å². The average Bonchev–Trinajstić information content (AvgIpc) is 2.30. The number of hydrogen-bond acceptors (Lipinski definition) is 2. The third-order valence-electron chi connectivity index (χ3n) is 2.98. The molecule has 1 aromatic carbocycles. The minimum absolute atomic E-state index is 0.110. The van der Waals surface area contributed by atoms with Crippen LogP contribution < -0.4 is 0 Å². The van der Waals surface area contributed by atoms with E-state index in [1.165, 1.54) is 5.56 Å². The number of aryl methyl sites for hydroxylation is 1. The molecule has 0 aliphatic heterocycles. The Kier molecular flexibility index (Phi) is 4.25. The first-order valence-electron chi connectivity index (χ1n) is 5.66. The minimum atomic E-state index is -0.691. The summed E-state index contributed by atoms with van der Waals surface area (Å²) in [4.78, 5) is 11.9. The number of benzene rings is 1. The lowest BCUT2D eigenvalue weighted by molar-refractivity contribution is -0.136. The molecule has 0 aromatic heterocycles. The van der Waals surface area contributed by atoms with Crippen LogP contribution in [0.4, 0.5) is 0 Å². The van der Waals surface area contributed by atoms with Gasteiger partial charge in [-0.1, -0.05) is 31.2 Å². The molecular formula is C14H20O2. The van der Waals surface area contributed by atoms with Crippen molar-refractivity contribution in [2.75, 3.05) is 7.11 Å². The van der Waals surface area contributed by atoms with Crippen LogP contribution in [0.15, 0.2) is 24.3 Å².